The van der Waals surface area contributed by atoms with Crippen molar-refractivity contribution in [1.82, 2.24) is 5.32 Å². The van der Waals surface area contributed by atoms with Crippen molar-refractivity contribution in [1.29, 1.82) is 0 Å². The van der Waals surface area contributed by atoms with E-state index in [1.807, 2.05) is 0 Å². The van der Waals surface area contributed by atoms with Gasteiger partial charge in [0.05, 0.1) is 6.10 Å². The van der Waals surface area contributed by atoms with Crippen LogP contribution < -0.4 is 15.8 Å². The summed E-state index contributed by atoms with van der Waals surface area (Å²) in [4.78, 5) is 11.9. The molecular weight excluding hydrogens is 244 g/mol. The maximum atomic E-state index is 11.9. The third-order valence-electron chi connectivity index (χ3n) is 3.09. The minimum Gasteiger partial charge on any atom is -0.481 e. The summed E-state index contributed by atoms with van der Waals surface area (Å²) < 4.78 is 11.0. The van der Waals surface area contributed by atoms with Gasteiger partial charge in [0.25, 0.3) is 5.91 Å². The Balaban J connectivity index is 1.76. The lowest BCUT2D eigenvalue weighted by Crippen LogP contribution is -2.40. The summed E-state index contributed by atoms with van der Waals surface area (Å²) in [6, 6.07) is 6.98. The van der Waals surface area contributed by atoms with Crippen LogP contribution in [0.4, 0.5) is 5.69 Å². The number of anilines is 1. The van der Waals surface area contributed by atoms with Crippen LogP contribution in [0.2, 0.25) is 0 Å². The fourth-order valence-electron chi connectivity index (χ4n) is 1.97. The Morgan fingerprint density at radius 1 is 1.53 bits per heavy atom. The van der Waals surface area contributed by atoms with Gasteiger partial charge in [-0.1, -0.05) is 0 Å². The van der Waals surface area contributed by atoms with Gasteiger partial charge in [-0.3, -0.25) is 4.79 Å². The molecule has 0 saturated carbocycles. The minimum absolute atomic E-state index is 0.132. The van der Waals surface area contributed by atoms with Crippen molar-refractivity contribution in [3.8, 4) is 5.75 Å². The molecule has 0 radical (unpaired) electrons. The zero-order chi connectivity index (χ0) is 13.7. The van der Waals surface area contributed by atoms with E-state index in [1.165, 1.54) is 0 Å². The Hall–Kier alpha value is -1.75. The Labute approximate surface area is 113 Å². The number of nitrogens with two attached hydrogens (primary N) is 1. The van der Waals surface area contributed by atoms with Crippen molar-refractivity contribution in [2.75, 3.05) is 18.9 Å². The molecule has 104 valence electrons. The van der Waals surface area contributed by atoms with Crippen LogP contribution in [0.25, 0.3) is 0 Å². The van der Waals surface area contributed by atoms with E-state index in [2.05, 4.69) is 5.32 Å². The largest absolute Gasteiger partial charge is 0.481 e. The summed E-state index contributed by atoms with van der Waals surface area (Å²) >= 11 is 0. The molecule has 1 aliphatic heterocycles. The number of carbonyl (C=O) groups excluding carboxylic acids is 1. The van der Waals surface area contributed by atoms with Crippen LogP contribution in [0.5, 0.6) is 5.75 Å². The molecule has 5 heteroatoms. The van der Waals surface area contributed by atoms with Gasteiger partial charge in [-0.15, -0.1) is 0 Å². The number of ether oxygens (including phenoxy) is 2. The average Bonchev–Trinajstić information content (AvgIpc) is 2.91. The number of hydrogen-bond donors (Lipinski definition) is 2. The number of nitrogen functional groups attached to an aromatic ring is 1. The Kier molecular flexibility index (Phi) is 4.63. The van der Waals surface area contributed by atoms with Crippen LogP contribution >= 0.6 is 0 Å². The van der Waals surface area contributed by atoms with Gasteiger partial charge in [0.15, 0.2) is 6.10 Å². The van der Waals surface area contributed by atoms with Gasteiger partial charge in [-0.25, -0.2) is 0 Å². The van der Waals surface area contributed by atoms with E-state index in [4.69, 9.17) is 15.2 Å². The van der Waals surface area contributed by atoms with Gasteiger partial charge < -0.3 is 20.5 Å². The van der Waals surface area contributed by atoms with Gasteiger partial charge in [-0.05, 0) is 44.0 Å². The summed E-state index contributed by atoms with van der Waals surface area (Å²) in [6.07, 6.45) is 1.68. The Bertz CT molecular complexity index is 413. The summed E-state index contributed by atoms with van der Waals surface area (Å²) in [6.45, 7) is 3.06. The number of rotatable bonds is 5. The van der Waals surface area contributed by atoms with E-state index < -0.39 is 6.10 Å². The fourth-order valence-corrected chi connectivity index (χ4v) is 1.97. The number of carbonyl (C=O) groups is 1. The normalized spacial score (nSPS) is 19.9. The molecule has 1 aromatic rings. The first-order valence-electron chi connectivity index (χ1n) is 6.56. The third kappa shape index (κ3) is 4.13. The molecule has 2 rings (SSSR count). The van der Waals surface area contributed by atoms with Crippen molar-refractivity contribution >= 4 is 11.6 Å². The van der Waals surface area contributed by atoms with Gasteiger partial charge >= 0.3 is 0 Å². The van der Waals surface area contributed by atoms with Crippen LogP contribution in [0.3, 0.4) is 0 Å². The van der Waals surface area contributed by atoms with E-state index in [0.29, 0.717) is 18.0 Å². The molecule has 1 aliphatic rings. The molecule has 19 heavy (non-hydrogen) atoms. The first-order valence-corrected chi connectivity index (χ1v) is 6.56. The average molecular weight is 264 g/mol. The highest BCUT2D eigenvalue weighted by molar-refractivity contribution is 5.80. The van der Waals surface area contributed by atoms with Crippen LogP contribution in [0.1, 0.15) is 19.8 Å². The maximum Gasteiger partial charge on any atom is 0.260 e. The lowest BCUT2D eigenvalue weighted by Gasteiger charge is -2.16. The van der Waals surface area contributed by atoms with Crippen molar-refractivity contribution in [3.63, 3.8) is 0 Å². The predicted molar refractivity (Wildman–Crippen MR) is 72.9 cm³/mol. The van der Waals surface area contributed by atoms with Gasteiger partial charge in [-0.2, -0.15) is 0 Å². The third-order valence-corrected chi connectivity index (χ3v) is 3.09. The predicted octanol–water partition coefficient (Wildman–Crippen LogP) is 1.33. The monoisotopic (exact) mass is 264 g/mol. The number of hydrogen-bond acceptors (Lipinski definition) is 4. The van der Waals surface area contributed by atoms with E-state index >= 15 is 0 Å². The molecule has 1 heterocycles. The number of benzene rings is 1. The van der Waals surface area contributed by atoms with Crippen LogP contribution in [-0.4, -0.2) is 31.3 Å². The van der Waals surface area contributed by atoms with Gasteiger partial charge in [0.2, 0.25) is 0 Å². The first-order chi connectivity index (χ1) is 9.15. The van der Waals surface area contributed by atoms with Crippen molar-refractivity contribution in [3.05, 3.63) is 24.3 Å². The van der Waals surface area contributed by atoms with Crippen molar-refractivity contribution in [2.45, 2.75) is 32.0 Å². The smallest absolute Gasteiger partial charge is 0.260 e. The van der Waals surface area contributed by atoms with E-state index in [9.17, 15) is 4.79 Å². The van der Waals surface area contributed by atoms with Gasteiger partial charge in [0, 0.05) is 18.8 Å². The van der Waals surface area contributed by atoms with Crippen molar-refractivity contribution in [2.24, 2.45) is 0 Å². The Morgan fingerprint density at radius 3 is 2.89 bits per heavy atom. The SMILES string of the molecule is CC(Oc1ccc(N)cc1)C(=O)NCC1CCCO1. The quantitative estimate of drug-likeness (QED) is 0.787. The molecule has 2 atom stereocenters. The highest BCUT2D eigenvalue weighted by atomic mass is 16.5. The van der Waals surface area contributed by atoms with Gasteiger partial charge in [0.1, 0.15) is 5.75 Å². The maximum absolute atomic E-state index is 11.9. The molecular formula is C14H20N2O3. The minimum atomic E-state index is -0.537. The molecule has 0 aromatic heterocycles. The molecule has 2 unspecified atom stereocenters. The number of nitrogens with one attached hydrogen (secondary N) is 1. The summed E-state index contributed by atoms with van der Waals surface area (Å²) in [7, 11) is 0. The number of amides is 1. The fraction of sp³-hybridized carbons (Fsp3) is 0.500. The summed E-state index contributed by atoms with van der Waals surface area (Å²) in [5.41, 5.74) is 6.26. The van der Waals surface area contributed by atoms with Crippen LogP contribution in [-0.2, 0) is 9.53 Å². The van der Waals surface area contributed by atoms with E-state index in [0.717, 1.165) is 19.4 Å². The second kappa shape index (κ2) is 6.43. The molecule has 1 saturated heterocycles. The molecule has 5 nitrogen and oxygen atoms in total. The molecule has 0 spiro atoms. The topological polar surface area (TPSA) is 73.6 Å². The molecule has 3 N–H and O–H groups in total. The van der Waals surface area contributed by atoms with E-state index in [-0.39, 0.29) is 12.0 Å². The zero-order valence-corrected chi connectivity index (χ0v) is 11.1. The lowest BCUT2D eigenvalue weighted by molar-refractivity contribution is -0.127. The molecule has 0 aliphatic carbocycles. The summed E-state index contributed by atoms with van der Waals surface area (Å²) in [5, 5.41) is 2.84. The molecule has 1 amide bonds. The molecule has 1 fully saturated rings. The Morgan fingerprint density at radius 2 is 2.26 bits per heavy atom. The van der Waals surface area contributed by atoms with E-state index in [1.54, 1.807) is 31.2 Å². The highest BCUT2D eigenvalue weighted by Crippen LogP contribution is 2.15. The highest BCUT2D eigenvalue weighted by Gasteiger charge is 2.19. The van der Waals surface area contributed by atoms with Crippen molar-refractivity contribution < 1.29 is 14.3 Å². The van der Waals surface area contributed by atoms with Crippen LogP contribution in [0.15, 0.2) is 24.3 Å². The summed E-state index contributed by atoms with van der Waals surface area (Å²) in [5.74, 6) is 0.501. The standard InChI is InChI=1S/C14H20N2O3/c1-10(19-12-6-4-11(15)5-7-12)14(17)16-9-13-3-2-8-18-13/h4-7,10,13H,2-3,8-9,15H2,1H3,(H,16,17). The zero-order valence-electron chi connectivity index (χ0n) is 11.1. The first kappa shape index (κ1) is 13.7. The second-order valence-electron chi connectivity index (χ2n) is 4.71. The lowest BCUT2D eigenvalue weighted by atomic mass is 10.2. The van der Waals surface area contributed by atoms with Crippen LogP contribution in [0, 0.1) is 0 Å². The molecule has 0 bridgehead atoms. The molecule has 1 aromatic carbocycles. The second-order valence-corrected chi connectivity index (χ2v) is 4.71.